The van der Waals surface area contributed by atoms with Crippen molar-refractivity contribution >= 4 is 46.5 Å². The van der Waals surface area contributed by atoms with E-state index in [0.29, 0.717) is 18.7 Å². The highest BCUT2D eigenvalue weighted by Crippen LogP contribution is 2.36. The van der Waals surface area contributed by atoms with E-state index in [1.165, 1.54) is 12.1 Å². The van der Waals surface area contributed by atoms with Gasteiger partial charge in [-0.15, -0.1) is 12.6 Å². The van der Waals surface area contributed by atoms with Crippen molar-refractivity contribution in [3.63, 3.8) is 0 Å². The molecule has 0 bridgehead atoms. The molecule has 4 rings (SSSR count). The first-order chi connectivity index (χ1) is 15.8. The summed E-state index contributed by atoms with van der Waals surface area (Å²) in [5.41, 5.74) is 5.87. The second-order valence-electron chi connectivity index (χ2n) is 8.17. The Morgan fingerprint density at radius 3 is 2.33 bits per heavy atom. The molecule has 2 saturated heterocycles. The molecule has 2 aliphatic rings. The average Bonchev–Trinajstić information content (AvgIpc) is 3.11. The third kappa shape index (κ3) is 6.52. The van der Waals surface area contributed by atoms with Crippen molar-refractivity contribution in [2.45, 2.75) is 31.2 Å². The minimum atomic E-state index is -0.470. The highest BCUT2D eigenvalue weighted by Gasteiger charge is 2.50. The number of nitrogens with two attached hydrogens (primary N) is 1. The maximum atomic E-state index is 13.0. The largest absolute Gasteiger partial charge is 0.385 e. The molecule has 0 atom stereocenters. The second-order valence-corrected chi connectivity index (χ2v) is 9.40. The first-order valence-electron chi connectivity index (χ1n) is 10.9. The molecular weight excluding hydrogens is 459 g/mol. The number of hydrogen-bond acceptors (Lipinski definition) is 5. The average molecular weight is 489 g/mol. The normalized spacial score (nSPS) is 17.3. The number of rotatable bonds is 6. The molecule has 33 heavy (non-hydrogen) atoms. The van der Waals surface area contributed by atoms with Crippen LogP contribution < -0.4 is 16.0 Å². The van der Waals surface area contributed by atoms with E-state index in [2.05, 4.69) is 52.1 Å². The van der Waals surface area contributed by atoms with Crippen LogP contribution in [0.5, 0.6) is 0 Å². The maximum Gasteiger partial charge on any atom is 0.247 e. The molecule has 0 radical (unpaired) electrons. The van der Waals surface area contributed by atoms with E-state index in [4.69, 9.17) is 5.73 Å². The molecule has 0 unspecified atom stereocenters. The van der Waals surface area contributed by atoms with Crippen LogP contribution in [0.4, 0.5) is 10.1 Å². The molecule has 0 aliphatic carbocycles. The van der Waals surface area contributed by atoms with E-state index in [9.17, 15) is 14.0 Å². The van der Waals surface area contributed by atoms with Crippen molar-refractivity contribution in [2.24, 2.45) is 5.73 Å². The number of piperidine rings is 1. The van der Waals surface area contributed by atoms with E-state index in [-0.39, 0.29) is 21.8 Å². The van der Waals surface area contributed by atoms with E-state index in [1.807, 2.05) is 18.2 Å². The predicted molar refractivity (Wildman–Crippen MR) is 136 cm³/mol. The molecule has 2 heterocycles. The van der Waals surface area contributed by atoms with Gasteiger partial charge < -0.3 is 20.9 Å². The monoisotopic (exact) mass is 488 g/mol. The summed E-state index contributed by atoms with van der Waals surface area (Å²) in [6.45, 7) is 3.05. The molecule has 3 N–H and O–H groups in total. The van der Waals surface area contributed by atoms with Crippen molar-refractivity contribution in [2.75, 3.05) is 31.2 Å². The van der Waals surface area contributed by atoms with Crippen molar-refractivity contribution in [3.05, 3.63) is 66.0 Å². The number of thiocarbonyl (C=S) groups is 1. The number of Topliss-reactive ketones (excluding diaryl/α,β-unsaturated/α-hetero) is 1. The van der Waals surface area contributed by atoms with Crippen LogP contribution in [0.25, 0.3) is 0 Å². The number of nitrogens with zero attached hydrogens (tertiary/aromatic N) is 2. The first-order valence-corrected chi connectivity index (χ1v) is 11.8. The summed E-state index contributed by atoms with van der Waals surface area (Å²) in [6, 6.07) is 15.8. The molecule has 176 valence electrons. The number of hydrogen-bond donors (Lipinski definition) is 3. The highest BCUT2D eigenvalue weighted by atomic mass is 32.1. The Kier molecular flexibility index (Phi) is 8.82. The summed E-state index contributed by atoms with van der Waals surface area (Å²) >= 11 is 7.65. The van der Waals surface area contributed by atoms with Gasteiger partial charge in [0.25, 0.3) is 0 Å². The van der Waals surface area contributed by atoms with Crippen LogP contribution in [0.2, 0.25) is 0 Å². The summed E-state index contributed by atoms with van der Waals surface area (Å²) in [5, 5.41) is 3.02. The lowest BCUT2D eigenvalue weighted by Crippen LogP contribution is -2.56. The minimum absolute atomic E-state index is 0.0453. The fourth-order valence-electron chi connectivity index (χ4n) is 4.42. The number of benzene rings is 2. The molecule has 9 heteroatoms. The number of carbonyl (C=O) groups excluding carboxylic acids is 2. The number of likely N-dealkylation sites (tertiary alicyclic amines) is 1. The quantitative estimate of drug-likeness (QED) is 0.329. The molecule has 2 fully saturated rings. The number of amides is 1. The van der Waals surface area contributed by atoms with Crippen LogP contribution in [-0.2, 0) is 4.79 Å². The zero-order valence-corrected chi connectivity index (χ0v) is 20.1. The molecule has 6 nitrogen and oxygen atoms in total. The van der Waals surface area contributed by atoms with Gasteiger partial charge in [0.05, 0.1) is 6.67 Å². The van der Waals surface area contributed by atoms with Crippen molar-refractivity contribution < 1.29 is 14.0 Å². The topological polar surface area (TPSA) is 78.7 Å². The molecule has 1 spiro atoms. The summed E-state index contributed by atoms with van der Waals surface area (Å²) in [5.74, 6) is -0.166. The van der Waals surface area contributed by atoms with Crippen LogP contribution in [-0.4, -0.2) is 52.8 Å². The van der Waals surface area contributed by atoms with Crippen molar-refractivity contribution in [1.29, 1.82) is 0 Å². The highest BCUT2D eigenvalue weighted by molar-refractivity contribution is 8.10. The number of ketones is 1. The fourth-order valence-corrected chi connectivity index (χ4v) is 4.42. The molecular formula is C24H29FN4O2S2. The molecule has 2 aliphatic heterocycles. The predicted octanol–water partition coefficient (Wildman–Crippen LogP) is 3.38. The van der Waals surface area contributed by atoms with Gasteiger partial charge in [-0.25, -0.2) is 4.39 Å². The van der Waals surface area contributed by atoms with Gasteiger partial charge in [-0.3, -0.25) is 9.59 Å². The van der Waals surface area contributed by atoms with Crippen LogP contribution in [0.3, 0.4) is 0 Å². The minimum Gasteiger partial charge on any atom is -0.385 e. The van der Waals surface area contributed by atoms with Gasteiger partial charge in [-0.1, -0.05) is 30.4 Å². The first kappa shape index (κ1) is 25.1. The third-order valence-corrected chi connectivity index (χ3v) is 6.13. The van der Waals surface area contributed by atoms with E-state index in [0.717, 1.165) is 44.6 Å². The molecule has 0 aromatic heterocycles. The summed E-state index contributed by atoms with van der Waals surface area (Å²) in [4.78, 5) is 29.5. The van der Waals surface area contributed by atoms with E-state index in [1.54, 1.807) is 12.1 Å². The lowest BCUT2D eigenvalue weighted by Gasteiger charge is -2.43. The van der Waals surface area contributed by atoms with Crippen LogP contribution >= 0.6 is 24.8 Å². The molecule has 2 aromatic carbocycles. The Hall–Kier alpha value is -2.49. The zero-order valence-electron chi connectivity index (χ0n) is 18.4. The number of thiol groups is 1. The lowest BCUT2D eigenvalue weighted by molar-refractivity contribution is -0.125. The second kappa shape index (κ2) is 11.6. The van der Waals surface area contributed by atoms with Gasteiger partial charge in [0.1, 0.15) is 15.7 Å². The number of anilines is 1. The molecule has 2 aromatic rings. The van der Waals surface area contributed by atoms with Gasteiger partial charge in [-0.2, -0.15) is 0 Å². The number of para-hydroxylation sites is 1. The Morgan fingerprint density at radius 1 is 1.12 bits per heavy atom. The molecule has 1 amide bonds. The Labute approximate surface area is 204 Å². The Balaban J connectivity index is 0.000000709. The third-order valence-electron chi connectivity index (χ3n) is 6.13. The van der Waals surface area contributed by atoms with Crippen LogP contribution in [0.15, 0.2) is 54.6 Å². The Morgan fingerprint density at radius 2 is 1.73 bits per heavy atom. The van der Waals surface area contributed by atoms with Crippen molar-refractivity contribution in [1.82, 2.24) is 10.2 Å². The van der Waals surface area contributed by atoms with Gasteiger partial charge in [0.15, 0.2) is 5.78 Å². The van der Waals surface area contributed by atoms with Crippen molar-refractivity contribution in [3.8, 4) is 0 Å². The van der Waals surface area contributed by atoms with Crippen LogP contribution in [0, 0.1) is 5.82 Å². The number of halogens is 1. The summed E-state index contributed by atoms with van der Waals surface area (Å²) in [7, 11) is 0. The molecule has 0 saturated carbocycles. The van der Waals surface area contributed by atoms with Gasteiger partial charge in [0, 0.05) is 30.8 Å². The summed E-state index contributed by atoms with van der Waals surface area (Å²) in [6.07, 6.45) is 2.76. The standard InChI is InChI=1S/C23H26FN3O2.CH3NS2/c24-19-10-8-18(9-11-19)21(28)7-4-14-26-15-12-23(13-16-26)22(29)25-17-27(23)20-5-2-1-3-6-20;2-1(3)4/h1-3,5-6,8-11H,4,7,12-17H2,(H,25,29);(H3,2,3,4). The fraction of sp³-hybridized carbons (Fsp3) is 0.375. The SMILES string of the molecule is NC(=S)S.O=C(CCCN1CCC2(CC1)C(=O)NCN2c1ccccc1)c1ccc(F)cc1. The Bertz CT molecular complexity index is 960. The van der Waals surface area contributed by atoms with Crippen LogP contribution in [0.1, 0.15) is 36.0 Å². The number of carbonyl (C=O) groups is 2. The number of nitrogens with one attached hydrogen (secondary N) is 1. The van der Waals surface area contributed by atoms with E-state index >= 15 is 0 Å². The maximum absolute atomic E-state index is 13.0. The smallest absolute Gasteiger partial charge is 0.247 e. The van der Waals surface area contributed by atoms with Gasteiger partial charge in [-0.05, 0) is 62.2 Å². The lowest BCUT2D eigenvalue weighted by atomic mass is 9.85. The van der Waals surface area contributed by atoms with Gasteiger partial charge >= 0.3 is 0 Å². The summed E-state index contributed by atoms with van der Waals surface area (Å²) < 4.78 is 13.2. The zero-order chi connectivity index (χ0) is 23.8. The van der Waals surface area contributed by atoms with Gasteiger partial charge in [0.2, 0.25) is 5.91 Å². The van der Waals surface area contributed by atoms with E-state index < -0.39 is 5.54 Å².